The van der Waals surface area contributed by atoms with Crippen molar-refractivity contribution >= 4 is 46.8 Å². The third-order valence-electron chi connectivity index (χ3n) is 8.28. The van der Waals surface area contributed by atoms with E-state index in [1.807, 2.05) is 48.5 Å². The highest BCUT2D eigenvalue weighted by atomic mass is 35.5. The van der Waals surface area contributed by atoms with Gasteiger partial charge in [0.05, 0.1) is 17.4 Å². The molecule has 0 bridgehead atoms. The fourth-order valence-corrected chi connectivity index (χ4v) is 6.48. The molecule has 3 aromatic carbocycles. The molecule has 3 amide bonds. The number of hydrazone groups is 1. The number of anilines is 1. The molecule has 1 saturated carbocycles. The van der Waals surface area contributed by atoms with Crippen LogP contribution in [0.1, 0.15) is 36.4 Å². The van der Waals surface area contributed by atoms with Crippen LogP contribution in [-0.4, -0.2) is 52.1 Å². The van der Waals surface area contributed by atoms with Crippen LogP contribution in [0.15, 0.2) is 106 Å². The lowest BCUT2D eigenvalue weighted by atomic mass is 9.77. The maximum atomic E-state index is 14.0. The minimum atomic E-state index is -1.00. The molecule has 3 heterocycles. The maximum Gasteiger partial charge on any atom is 0.264 e. The third-order valence-corrected chi connectivity index (χ3v) is 8.53. The molecule has 10 heteroatoms. The van der Waals surface area contributed by atoms with Crippen LogP contribution >= 0.6 is 11.6 Å². The zero-order valence-electron chi connectivity index (χ0n) is 22.6. The number of amides is 3. The van der Waals surface area contributed by atoms with Gasteiger partial charge in [0, 0.05) is 10.9 Å². The Morgan fingerprint density at radius 2 is 1.62 bits per heavy atom. The first-order chi connectivity index (χ1) is 20.5. The lowest BCUT2D eigenvalue weighted by Gasteiger charge is -2.30. The molecule has 3 aromatic rings. The molecule has 4 aliphatic rings. The van der Waals surface area contributed by atoms with E-state index >= 15 is 0 Å². The summed E-state index contributed by atoms with van der Waals surface area (Å²) >= 11 is 5.99. The summed E-state index contributed by atoms with van der Waals surface area (Å²) in [5.41, 5.74) is 4.55. The molecule has 0 radical (unpaired) electrons. The lowest BCUT2D eigenvalue weighted by Crippen LogP contribution is -2.45. The van der Waals surface area contributed by atoms with Crippen LogP contribution in [0.2, 0.25) is 5.02 Å². The molecule has 210 valence electrons. The number of rotatable bonds is 5. The summed E-state index contributed by atoms with van der Waals surface area (Å²) in [5.74, 6) is -1.21. The van der Waals surface area contributed by atoms with Crippen molar-refractivity contribution in [3.05, 3.63) is 107 Å². The molecule has 4 atom stereocenters. The molecule has 1 aliphatic carbocycles. The number of hydrogen-bond acceptors (Lipinski definition) is 7. The van der Waals surface area contributed by atoms with Gasteiger partial charge < -0.3 is 0 Å². The standard InChI is InChI=1S/C32H27ClN6O3/c33-23-14-16-24(17-15-23)38-31(41)28-30(32(38)42)37(36-34-28)19-26(40)39-29(21-10-5-2-6-11-21)25-13-7-12-22(27(25)35-39)18-20-8-3-1-4-9-20/h1-6,8-11,14-18,25,28-30H,7,12-13,19H2/b22-18-. The van der Waals surface area contributed by atoms with Crippen molar-refractivity contribution in [2.24, 2.45) is 21.4 Å². The second-order valence-corrected chi connectivity index (χ2v) is 11.3. The molecule has 0 spiro atoms. The van der Waals surface area contributed by atoms with E-state index in [0.29, 0.717) is 10.7 Å². The van der Waals surface area contributed by atoms with Crippen molar-refractivity contribution in [2.45, 2.75) is 37.4 Å². The summed E-state index contributed by atoms with van der Waals surface area (Å²) in [6.07, 6.45) is 4.95. The van der Waals surface area contributed by atoms with Gasteiger partial charge in [0.1, 0.15) is 6.54 Å². The number of fused-ring (bicyclic) bond motifs is 2. The van der Waals surface area contributed by atoms with Gasteiger partial charge in [0.25, 0.3) is 17.7 Å². The Kier molecular flexibility index (Phi) is 6.66. The summed E-state index contributed by atoms with van der Waals surface area (Å²) in [4.78, 5) is 41.7. The third kappa shape index (κ3) is 4.50. The van der Waals surface area contributed by atoms with Crippen molar-refractivity contribution < 1.29 is 14.4 Å². The SMILES string of the molecule is O=C1C2N=NN(CC(=O)N3N=C4/C(=C\c5ccccc5)CCCC4C3c3ccccc3)C2C(=O)N1c1ccc(Cl)cc1. The Labute approximate surface area is 247 Å². The number of hydrogen-bond donors (Lipinski definition) is 0. The number of nitrogens with zero attached hydrogens (tertiary/aromatic N) is 6. The first-order valence-corrected chi connectivity index (χ1v) is 14.4. The topological polar surface area (TPSA) is 98.0 Å². The molecular formula is C32H27ClN6O3. The quantitative estimate of drug-likeness (QED) is 0.376. The van der Waals surface area contributed by atoms with E-state index < -0.39 is 23.9 Å². The van der Waals surface area contributed by atoms with Crippen LogP contribution in [0, 0.1) is 5.92 Å². The normalized spacial score (nSPS) is 25.7. The largest absolute Gasteiger partial charge is 0.271 e. The molecule has 2 fully saturated rings. The van der Waals surface area contributed by atoms with Gasteiger partial charge >= 0.3 is 0 Å². The average molecular weight is 579 g/mol. The number of carbonyl (C=O) groups is 3. The summed E-state index contributed by atoms with van der Waals surface area (Å²) < 4.78 is 0. The summed E-state index contributed by atoms with van der Waals surface area (Å²) in [6.45, 7) is -0.233. The van der Waals surface area contributed by atoms with E-state index in [1.54, 1.807) is 29.3 Å². The number of imide groups is 1. The molecule has 42 heavy (non-hydrogen) atoms. The van der Waals surface area contributed by atoms with Crippen LogP contribution in [-0.2, 0) is 14.4 Å². The Hall–Kier alpha value is -4.63. The van der Waals surface area contributed by atoms with E-state index in [9.17, 15) is 14.4 Å². The van der Waals surface area contributed by atoms with Gasteiger partial charge in [-0.2, -0.15) is 10.2 Å². The maximum absolute atomic E-state index is 14.0. The van der Waals surface area contributed by atoms with Gasteiger partial charge in [-0.05, 0) is 66.3 Å². The van der Waals surface area contributed by atoms with Crippen LogP contribution in [0.5, 0.6) is 0 Å². The molecule has 0 aromatic heterocycles. The highest BCUT2D eigenvalue weighted by Gasteiger charge is 2.55. The van der Waals surface area contributed by atoms with E-state index in [-0.39, 0.29) is 24.4 Å². The lowest BCUT2D eigenvalue weighted by molar-refractivity contribution is -0.136. The molecule has 9 nitrogen and oxygen atoms in total. The van der Waals surface area contributed by atoms with Crippen LogP contribution in [0.4, 0.5) is 5.69 Å². The molecule has 7 rings (SSSR count). The van der Waals surface area contributed by atoms with E-state index in [2.05, 4.69) is 28.5 Å². The average Bonchev–Trinajstić information content (AvgIpc) is 3.68. The molecule has 0 N–H and O–H groups in total. The first-order valence-electron chi connectivity index (χ1n) is 14.0. The van der Waals surface area contributed by atoms with Gasteiger partial charge in [-0.3, -0.25) is 19.4 Å². The molecule has 4 unspecified atom stereocenters. The minimum absolute atomic E-state index is 0.0445. The zero-order chi connectivity index (χ0) is 28.8. The van der Waals surface area contributed by atoms with E-state index in [0.717, 1.165) is 46.6 Å². The van der Waals surface area contributed by atoms with Crippen molar-refractivity contribution in [2.75, 3.05) is 11.4 Å². The van der Waals surface area contributed by atoms with Gasteiger partial charge in [-0.1, -0.05) is 77.5 Å². The second-order valence-electron chi connectivity index (χ2n) is 10.8. The van der Waals surface area contributed by atoms with E-state index in [4.69, 9.17) is 16.7 Å². The Morgan fingerprint density at radius 1 is 0.905 bits per heavy atom. The van der Waals surface area contributed by atoms with Crippen molar-refractivity contribution in [1.29, 1.82) is 0 Å². The van der Waals surface area contributed by atoms with Gasteiger partial charge in [0.2, 0.25) is 0 Å². The van der Waals surface area contributed by atoms with Crippen molar-refractivity contribution in [1.82, 2.24) is 10.0 Å². The first kappa shape index (κ1) is 26.3. The Bertz CT molecular complexity index is 1640. The Balaban J connectivity index is 1.18. The predicted octanol–water partition coefficient (Wildman–Crippen LogP) is 5.46. The number of carbonyl (C=O) groups excluding carboxylic acids is 3. The monoisotopic (exact) mass is 578 g/mol. The second kappa shape index (κ2) is 10.6. The van der Waals surface area contributed by atoms with Crippen molar-refractivity contribution in [3.63, 3.8) is 0 Å². The molecule has 1 saturated heterocycles. The number of allylic oxidation sites excluding steroid dienone is 1. The van der Waals surface area contributed by atoms with Crippen LogP contribution in [0.3, 0.4) is 0 Å². The van der Waals surface area contributed by atoms with Crippen LogP contribution < -0.4 is 4.90 Å². The number of benzene rings is 3. The summed E-state index contributed by atoms with van der Waals surface area (Å²) in [5, 5.41) is 16.5. The predicted molar refractivity (Wildman–Crippen MR) is 158 cm³/mol. The molecular weight excluding hydrogens is 552 g/mol. The highest BCUT2D eigenvalue weighted by Crippen LogP contribution is 2.44. The fraction of sp³-hybridized carbons (Fsp3) is 0.250. The molecule has 3 aliphatic heterocycles. The Morgan fingerprint density at radius 3 is 2.36 bits per heavy atom. The smallest absolute Gasteiger partial charge is 0.264 e. The van der Waals surface area contributed by atoms with Crippen molar-refractivity contribution in [3.8, 4) is 0 Å². The highest BCUT2D eigenvalue weighted by molar-refractivity contribution is 6.31. The van der Waals surface area contributed by atoms with Crippen LogP contribution in [0.25, 0.3) is 6.08 Å². The number of halogens is 1. The zero-order valence-corrected chi connectivity index (χ0v) is 23.3. The minimum Gasteiger partial charge on any atom is -0.271 e. The van der Waals surface area contributed by atoms with Gasteiger partial charge in [-0.15, -0.1) is 0 Å². The van der Waals surface area contributed by atoms with E-state index in [1.165, 1.54) is 5.01 Å². The fourth-order valence-electron chi connectivity index (χ4n) is 6.35. The summed E-state index contributed by atoms with van der Waals surface area (Å²) in [7, 11) is 0. The summed E-state index contributed by atoms with van der Waals surface area (Å²) in [6, 6.07) is 24.2. The van der Waals surface area contributed by atoms with Gasteiger partial charge in [-0.25, -0.2) is 9.91 Å². The van der Waals surface area contributed by atoms with Gasteiger partial charge in [0.15, 0.2) is 12.1 Å².